The van der Waals surface area contributed by atoms with E-state index in [0.717, 1.165) is 28.6 Å². The summed E-state index contributed by atoms with van der Waals surface area (Å²) in [4.78, 5) is 11.9. The van der Waals surface area contributed by atoms with E-state index in [1.165, 1.54) is 0 Å². The van der Waals surface area contributed by atoms with Crippen molar-refractivity contribution in [1.29, 1.82) is 0 Å². The second-order valence-corrected chi connectivity index (χ2v) is 6.91. The van der Waals surface area contributed by atoms with Gasteiger partial charge in [-0.25, -0.2) is 4.79 Å². The summed E-state index contributed by atoms with van der Waals surface area (Å²) in [7, 11) is 1.63. The fourth-order valence-corrected chi connectivity index (χ4v) is 2.61. The summed E-state index contributed by atoms with van der Waals surface area (Å²) in [6, 6.07) is 5.87. The molecular weight excluding hydrogens is 322 g/mol. The Balaban J connectivity index is 2.12. The number of nitrogens with one attached hydrogen (secondary N) is 1. The Morgan fingerprint density at radius 3 is 2.45 bits per heavy atom. The van der Waals surface area contributed by atoms with Crippen LogP contribution >= 0.6 is 15.9 Å². The monoisotopic (exact) mass is 341 g/mol. The molecule has 0 spiro atoms. The maximum absolute atomic E-state index is 11.9. The molecule has 110 valence electrons. The Morgan fingerprint density at radius 2 is 2.00 bits per heavy atom. The summed E-state index contributed by atoms with van der Waals surface area (Å²) in [6.45, 7) is 5.57. The van der Waals surface area contributed by atoms with Crippen molar-refractivity contribution in [3.8, 4) is 5.75 Å². The number of carbonyl (C=O) groups is 1. The fraction of sp³-hybridized carbons (Fsp3) is 0.533. The van der Waals surface area contributed by atoms with Gasteiger partial charge in [0.25, 0.3) is 0 Å². The van der Waals surface area contributed by atoms with Gasteiger partial charge in [0.05, 0.1) is 17.1 Å². The molecule has 0 heterocycles. The molecule has 0 aromatic heterocycles. The van der Waals surface area contributed by atoms with Gasteiger partial charge in [-0.3, -0.25) is 0 Å². The summed E-state index contributed by atoms with van der Waals surface area (Å²) in [5.41, 5.74) is 0.286. The summed E-state index contributed by atoms with van der Waals surface area (Å²) in [5.74, 6) is 0.779. The fourth-order valence-electron chi connectivity index (χ4n) is 2.07. The van der Waals surface area contributed by atoms with Gasteiger partial charge in [0.2, 0.25) is 0 Å². The highest BCUT2D eigenvalue weighted by atomic mass is 79.9. The Kier molecular flexibility index (Phi) is 4.00. The van der Waals surface area contributed by atoms with Crippen molar-refractivity contribution in [1.82, 2.24) is 5.32 Å². The highest BCUT2D eigenvalue weighted by molar-refractivity contribution is 9.10. The molecular formula is C15H20BrNO3. The molecule has 0 bridgehead atoms. The number of carbonyl (C=O) groups excluding carboxylic acids is 1. The van der Waals surface area contributed by atoms with E-state index in [1.54, 1.807) is 7.11 Å². The van der Waals surface area contributed by atoms with Gasteiger partial charge in [-0.1, -0.05) is 6.07 Å². The molecule has 1 aromatic rings. The zero-order valence-corrected chi connectivity index (χ0v) is 13.8. The van der Waals surface area contributed by atoms with Crippen LogP contribution in [0.25, 0.3) is 0 Å². The van der Waals surface area contributed by atoms with Gasteiger partial charge in [-0.15, -0.1) is 0 Å². The van der Waals surface area contributed by atoms with E-state index < -0.39 is 5.60 Å². The number of methoxy groups -OCH3 is 1. The first-order valence-corrected chi connectivity index (χ1v) is 7.40. The number of rotatable bonds is 3. The lowest BCUT2D eigenvalue weighted by molar-refractivity contribution is 0.0495. The highest BCUT2D eigenvalue weighted by Crippen LogP contribution is 2.47. The molecule has 1 N–H and O–H groups in total. The number of amides is 1. The Labute approximate surface area is 128 Å². The topological polar surface area (TPSA) is 47.6 Å². The molecule has 1 amide bonds. The average molecular weight is 342 g/mol. The van der Waals surface area contributed by atoms with Gasteiger partial charge in [0.15, 0.2) is 0 Å². The number of alkyl carbamates (subject to hydrolysis) is 1. The second kappa shape index (κ2) is 5.28. The maximum atomic E-state index is 11.9. The highest BCUT2D eigenvalue weighted by Gasteiger charge is 2.46. The molecule has 20 heavy (non-hydrogen) atoms. The summed E-state index contributed by atoms with van der Waals surface area (Å²) in [6.07, 6.45) is 1.47. The minimum absolute atomic E-state index is 0.295. The molecule has 1 aliphatic rings. The lowest BCUT2D eigenvalue weighted by Crippen LogP contribution is -2.39. The number of halogens is 1. The van der Waals surface area contributed by atoms with Crippen molar-refractivity contribution in [2.24, 2.45) is 0 Å². The molecule has 0 unspecified atom stereocenters. The minimum atomic E-state index is -0.485. The van der Waals surface area contributed by atoms with Crippen LogP contribution in [0.15, 0.2) is 22.7 Å². The van der Waals surface area contributed by atoms with Gasteiger partial charge < -0.3 is 14.8 Å². The molecule has 1 fully saturated rings. The van der Waals surface area contributed by atoms with Crippen molar-refractivity contribution in [3.05, 3.63) is 28.2 Å². The third-order valence-corrected chi connectivity index (χ3v) is 3.81. The molecule has 1 aliphatic carbocycles. The summed E-state index contributed by atoms with van der Waals surface area (Å²) >= 11 is 3.47. The van der Waals surface area contributed by atoms with Crippen LogP contribution in [0.4, 0.5) is 4.79 Å². The zero-order chi connectivity index (χ0) is 15.0. The Bertz CT molecular complexity index is 518. The average Bonchev–Trinajstić information content (AvgIpc) is 3.07. The minimum Gasteiger partial charge on any atom is -0.496 e. The van der Waals surface area contributed by atoms with Crippen LogP contribution in [0, 0.1) is 0 Å². The van der Waals surface area contributed by atoms with Crippen LogP contribution in [0.5, 0.6) is 5.75 Å². The zero-order valence-electron chi connectivity index (χ0n) is 12.2. The first kappa shape index (κ1) is 15.2. The van der Waals surface area contributed by atoms with Crippen LogP contribution in [0.1, 0.15) is 39.2 Å². The summed E-state index contributed by atoms with van der Waals surface area (Å²) in [5, 5.41) is 2.98. The van der Waals surface area contributed by atoms with Crippen LogP contribution < -0.4 is 10.1 Å². The van der Waals surface area contributed by atoms with E-state index in [-0.39, 0.29) is 11.6 Å². The lowest BCUT2D eigenvalue weighted by Gasteiger charge is -2.24. The first-order valence-electron chi connectivity index (χ1n) is 6.61. The van der Waals surface area contributed by atoms with Crippen molar-refractivity contribution >= 4 is 22.0 Å². The van der Waals surface area contributed by atoms with Crippen LogP contribution in [0.2, 0.25) is 0 Å². The van der Waals surface area contributed by atoms with Crippen molar-refractivity contribution in [3.63, 3.8) is 0 Å². The van der Waals surface area contributed by atoms with Crippen molar-refractivity contribution < 1.29 is 14.3 Å². The van der Waals surface area contributed by atoms with E-state index >= 15 is 0 Å². The standard InChI is InChI=1S/C15H20BrNO3/c1-14(2,3)20-13(18)17-15(7-8-15)10-5-6-12(19-4)11(16)9-10/h5-6,9H,7-8H2,1-4H3,(H,17,18). The second-order valence-electron chi connectivity index (χ2n) is 6.06. The van der Waals surface area contributed by atoms with Crippen molar-refractivity contribution in [2.45, 2.75) is 44.8 Å². The molecule has 5 heteroatoms. The number of ether oxygens (including phenoxy) is 2. The largest absolute Gasteiger partial charge is 0.496 e. The van der Waals surface area contributed by atoms with Gasteiger partial charge in [0, 0.05) is 0 Å². The number of hydrogen-bond donors (Lipinski definition) is 1. The van der Waals surface area contributed by atoms with Crippen LogP contribution in [-0.4, -0.2) is 18.8 Å². The Hall–Kier alpha value is -1.23. The quantitative estimate of drug-likeness (QED) is 0.904. The van der Waals surface area contributed by atoms with E-state index in [1.807, 2.05) is 39.0 Å². The van der Waals surface area contributed by atoms with Gasteiger partial charge in [0.1, 0.15) is 11.4 Å². The first-order chi connectivity index (χ1) is 9.26. The molecule has 1 aromatic carbocycles. The molecule has 0 atom stereocenters. The van der Waals surface area contributed by atoms with Crippen LogP contribution in [0.3, 0.4) is 0 Å². The maximum Gasteiger partial charge on any atom is 0.408 e. The molecule has 4 nitrogen and oxygen atoms in total. The Morgan fingerprint density at radius 1 is 1.35 bits per heavy atom. The van der Waals surface area contributed by atoms with E-state index in [9.17, 15) is 4.79 Å². The molecule has 1 saturated carbocycles. The number of hydrogen-bond acceptors (Lipinski definition) is 3. The smallest absolute Gasteiger partial charge is 0.408 e. The molecule has 2 rings (SSSR count). The molecule has 0 aliphatic heterocycles. The van der Waals surface area contributed by atoms with Gasteiger partial charge >= 0.3 is 6.09 Å². The van der Waals surface area contributed by atoms with Gasteiger partial charge in [-0.05, 0) is 67.2 Å². The van der Waals surface area contributed by atoms with Crippen molar-refractivity contribution in [2.75, 3.05) is 7.11 Å². The predicted octanol–water partition coefficient (Wildman–Crippen LogP) is 3.97. The third-order valence-electron chi connectivity index (χ3n) is 3.19. The predicted molar refractivity (Wildman–Crippen MR) is 81.0 cm³/mol. The molecule has 0 saturated heterocycles. The SMILES string of the molecule is COc1ccc(C2(NC(=O)OC(C)(C)C)CC2)cc1Br. The van der Waals surface area contributed by atoms with Gasteiger partial charge in [-0.2, -0.15) is 0 Å². The van der Waals surface area contributed by atoms with Crippen LogP contribution in [-0.2, 0) is 10.3 Å². The van der Waals surface area contributed by atoms with E-state index in [2.05, 4.69) is 21.2 Å². The summed E-state index contributed by atoms with van der Waals surface area (Å²) < 4.78 is 11.4. The molecule has 0 radical (unpaired) electrons. The number of benzene rings is 1. The van der Waals surface area contributed by atoms with E-state index in [4.69, 9.17) is 9.47 Å². The lowest BCUT2D eigenvalue weighted by atomic mass is 10.1. The normalized spacial score (nSPS) is 16.4. The van der Waals surface area contributed by atoms with E-state index in [0.29, 0.717) is 0 Å². The third kappa shape index (κ3) is 3.45.